The first-order valence-electron chi connectivity index (χ1n) is 7.21. The average Bonchev–Trinajstić information content (AvgIpc) is 2.55. The second-order valence-electron chi connectivity index (χ2n) is 5.55. The van der Waals surface area contributed by atoms with Crippen LogP contribution in [0.25, 0.3) is 0 Å². The second kappa shape index (κ2) is 6.80. The second-order valence-corrected chi connectivity index (χ2v) is 7.20. The van der Waals surface area contributed by atoms with Gasteiger partial charge in [0.05, 0.1) is 22.1 Å². The number of alkyl halides is 3. The van der Waals surface area contributed by atoms with Crippen LogP contribution < -0.4 is 4.72 Å². The summed E-state index contributed by atoms with van der Waals surface area (Å²) in [6.07, 6.45) is -5.01. The van der Waals surface area contributed by atoms with Crippen LogP contribution in [0.5, 0.6) is 0 Å². The maximum Gasteiger partial charge on any atom is 0.417 e. The van der Waals surface area contributed by atoms with Crippen molar-refractivity contribution in [3.05, 3.63) is 64.2 Å². The number of rotatable bonds is 3. The van der Waals surface area contributed by atoms with E-state index in [9.17, 15) is 26.4 Å². The van der Waals surface area contributed by atoms with Crippen molar-refractivity contribution in [1.29, 1.82) is 5.26 Å². The van der Waals surface area contributed by atoms with Gasteiger partial charge >= 0.3 is 6.18 Å². The minimum absolute atomic E-state index is 0.00104. The maximum absolute atomic E-state index is 13.2. The van der Waals surface area contributed by atoms with Crippen LogP contribution >= 0.6 is 0 Å². The molecule has 0 bridgehead atoms. The van der Waals surface area contributed by atoms with E-state index in [1.165, 1.54) is 18.2 Å². The number of hydrogen-bond acceptors (Lipinski definition) is 4. The van der Waals surface area contributed by atoms with E-state index in [2.05, 4.69) is 0 Å². The molecular weight excluding hydrogens is 369 g/mol. The van der Waals surface area contributed by atoms with Gasteiger partial charge in [-0.1, -0.05) is 6.07 Å². The zero-order chi connectivity index (χ0) is 19.7. The van der Waals surface area contributed by atoms with Crippen LogP contribution in [0.4, 0.5) is 13.2 Å². The Kier molecular flexibility index (Phi) is 5.09. The van der Waals surface area contributed by atoms with E-state index in [1.54, 1.807) is 24.6 Å². The van der Waals surface area contributed by atoms with Crippen LogP contribution in [0.3, 0.4) is 0 Å². The van der Waals surface area contributed by atoms with Gasteiger partial charge in [-0.25, -0.2) is 13.1 Å². The molecule has 1 amide bonds. The molecule has 0 heterocycles. The van der Waals surface area contributed by atoms with Crippen LogP contribution in [0.2, 0.25) is 0 Å². The molecule has 26 heavy (non-hydrogen) atoms. The number of sulfonamides is 1. The van der Waals surface area contributed by atoms with Gasteiger partial charge in [0.2, 0.25) is 0 Å². The van der Waals surface area contributed by atoms with Crippen LogP contribution in [-0.2, 0) is 16.2 Å². The number of carbonyl (C=O) groups is 1. The standard InChI is InChI=1S/C17H13F3N2O3S/c1-10-3-5-13(7-11(10)2)16(23)22-26(24,25)15-6-4-12(9-21)8-14(15)17(18,19)20/h3-8H,1-2H3,(H,22,23). The summed E-state index contributed by atoms with van der Waals surface area (Å²) in [5.74, 6) is -1.05. The van der Waals surface area contributed by atoms with Crippen molar-refractivity contribution in [2.75, 3.05) is 0 Å². The highest BCUT2D eigenvalue weighted by molar-refractivity contribution is 7.90. The molecule has 0 aliphatic rings. The zero-order valence-electron chi connectivity index (χ0n) is 13.7. The molecule has 5 nitrogen and oxygen atoms in total. The number of nitrogens with zero attached hydrogens (tertiary/aromatic N) is 1. The van der Waals surface area contributed by atoms with Crippen LogP contribution in [-0.4, -0.2) is 14.3 Å². The molecule has 2 rings (SSSR count). The smallest absolute Gasteiger partial charge is 0.268 e. The summed E-state index contributed by atoms with van der Waals surface area (Å²) < 4.78 is 65.8. The van der Waals surface area contributed by atoms with Crippen molar-refractivity contribution in [3.63, 3.8) is 0 Å². The summed E-state index contributed by atoms with van der Waals surface area (Å²) in [5.41, 5.74) is -0.271. The molecule has 0 saturated carbocycles. The highest BCUT2D eigenvalue weighted by Crippen LogP contribution is 2.34. The summed E-state index contributed by atoms with van der Waals surface area (Å²) in [6, 6.07) is 7.93. The third-order valence-electron chi connectivity index (χ3n) is 3.70. The monoisotopic (exact) mass is 382 g/mol. The lowest BCUT2D eigenvalue weighted by Gasteiger charge is -2.14. The van der Waals surface area contributed by atoms with Crippen molar-refractivity contribution >= 4 is 15.9 Å². The molecule has 0 aliphatic carbocycles. The molecule has 0 spiro atoms. The molecule has 1 N–H and O–H groups in total. The lowest BCUT2D eigenvalue weighted by atomic mass is 10.1. The maximum atomic E-state index is 13.2. The number of hydrogen-bond donors (Lipinski definition) is 1. The Labute approximate surface area is 148 Å². The lowest BCUT2D eigenvalue weighted by molar-refractivity contribution is -0.139. The Morgan fingerprint density at radius 3 is 2.27 bits per heavy atom. The fraction of sp³-hybridized carbons (Fsp3) is 0.176. The summed E-state index contributed by atoms with van der Waals surface area (Å²) in [5, 5.41) is 8.73. The van der Waals surface area contributed by atoms with Crippen LogP contribution in [0.15, 0.2) is 41.3 Å². The van der Waals surface area contributed by atoms with Gasteiger partial charge in [0.1, 0.15) is 0 Å². The van der Waals surface area contributed by atoms with Crippen molar-refractivity contribution in [2.24, 2.45) is 0 Å². The average molecular weight is 382 g/mol. The van der Waals surface area contributed by atoms with E-state index in [0.29, 0.717) is 12.1 Å². The third kappa shape index (κ3) is 4.03. The number of halogens is 3. The normalized spacial score (nSPS) is 11.7. The number of nitriles is 1. The van der Waals surface area contributed by atoms with E-state index in [-0.39, 0.29) is 11.1 Å². The Balaban J connectivity index is 2.46. The fourth-order valence-electron chi connectivity index (χ4n) is 2.17. The minimum Gasteiger partial charge on any atom is -0.268 e. The minimum atomic E-state index is -5.01. The Bertz CT molecular complexity index is 1020. The highest BCUT2D eigenvalue weighted by Gasteiger charge is 2.38. The van der Waals surface area contributed by atoms with Crippen LogP contribution in [0.1, 0.15) is 32.6 Å². The third-order valence-corrected chi connectivity index (χ3v) is 5.09. The molecule has 2 aromatic rings. The Morgan fingerprint density at radius 2 is 1.73 bits per heavy atom. The van der Waals surface area contributed by atoms with Gasteiger partial charge < -0.3 is 0 Å². The van der Waals surface area contributed by atoms with Gasteiger partial charge in [0.25, 0.3) is 15.9 Å². The molecule has 0 aliphatic heterocycles. The Morgan fingerprint density at radius 1 is 1.08 bits per heavy atom. The summed E-state index contributed by atoms with van der Waals surface area (Å²) in [6.45, 7) is 3.50. The van der Waals surface area contributed by atoms with Crippen molar-refractivity contribution < 1.29 is 26.4 Å². The number of aryl methyl sites for hydroxylation is 2. The van der Waals surface area contributed by atoms with Crippen molar-refractivity contribution in [2.45, 2.75) is 24.9 Å². The largest absolute Gasteiger partial charge is 0.417 e. The Hall–Kier alpha value is -2.86. The lowest BCUT2D eigenvalue weighted by Crippen LogP contribution is -2.32. The molecular formula is C17H13F3N2O3S. The number of carbonyl (C=O) groups excluding carboxylic acids is 1. The van der Waals surface area contributed by atoms with Gasteiger partial charge in [0, 0.05) is 5.56 Å². The topological polar surface area (TPSA) is 87.0 Å². The number of amides is 1. The first-order chi connectivity index (χ1) is 12.0. The molecule has 0 aromatic heterocycles. The summed E-state index contributed by atoms with van der Waals surface area (Å²) in [4.78, 5) is 11.0. The zero-order valence-corrected chi connectivity index (χ0v) is 14.5. The van der Waals surface area contributed by atoms with Gasteiger partial charge in [-0.3, -0.25) is 4.79 Å². The van der Waals surface area contributed by atoms with Gasteiger partial charge in [-0.05, 0) is 55.3 Å². The van der Waals surface area contributed by atoms with Gasteiger partial charge in [0.15, 0.2) is 0 Å². The van der Waals surface area contributed by atoms with E-state index in [4.69, 9.17) is 5.26 Å². The van der Waals surface area contributed by atoms with E-state index in [1.807, 2.05) is 0 Å². The quantitative estimate of drug-likeness (QED) is 0.882. The highest BCUT2D eigenvalue weighted by atomic mass is 32.2. The number of benzene rings is 2. The molecule has 0 saturated heterocycles. The molecule has 0 fully saturated rings. The summed E-state index contributed by atoms with van der Waals surface area (Å²) >= 11 is 0. The molecule has 9 heteroatoms. The molecule has 2 aromatic carbocycles. The predicted molar refractivity (Wildman–Crippen MR) is 86.7 cm³/mol. The summed E-state index contributed by atoms with van der Waals surface area (Å²) in [7, 11) is -4.80. The van der Waals surface area contributed by atoms with Crippen molar-refractivity contribution in [1.82, 2.24) is 4.72 Å². The first-order valence-corrected chi connectivity index (χ1v) is 8.70. The molecule has 0 radical (unpaired) electrons. The van der Waals surface area contributed by atoms with E-state index >= 15 is 0 Å². The number of nitrogens with one attached hydrogen (secondary N) is 1. The van der Waals surface area contributed by atoms with E-state index < -0.39 is 32.6 Å². The molecule has 0 atom stereocenters. The van der Waals surface area contributed by atoms with Crippen LogP contribution in [0, 0.1) is 25.2 Å². The first kappa shape index (κ1) is 19.5. The van der Waals surface area contributed by atoms with Gasteiger partial charge in [-0.2, -0.15) is 18.4 Å². The fourth-order valence-corrected chi connectivity index (χ4v) is 3.36. The molecule has 136 valence electrons. The SMILES string of the molecule is Cc1ccc(C(=O)NS(=O)(=O)c2ccc(C#N)cc2C(F)(F)F)cc1C. The van der Waals surface area contributed by atoms with Gasteiger partial charge in [-0.15, -0.1) is 0 Å². The predicted octanol–water partition coefficient (Wildman–Crippen LogP) is 3.31. The molecule has 0 unspecified atom stereocenters. The van der Waals surface area contributed by atoms with Crippen molar-refractivity contribution in [3.8, 4) is 6.07 Å². The van der Waals surface area contributed by atoms with E-state index in [0.717, 1.165) is 17.2 Å².